The van der Waals surface area contributed by atoms with Gasteiger partial charge in [0.05, 0.1) is 27.1 Å². The number of hydrogen-bond acceptors (Lipinski definition) is 3. The summed E-state index contributed by atoms with van der Waals surface area (Å²) >= 11 is 12.1. The van der Waals surface area contributed by atoms with E-state index >= 15 is 0 Å². The Hall–Kier alpha value is -2.04. The summed E-state index contributed by atoms with van der Waals surface area (Å²) in [5.74, 6) is -2.34. The minimum atomic E-state index is -0.934. The molecule has 0 amide bonds. The van der Waals surface area contributed by atoms with Gasteiger partial charge < -0.3 is 10.2 Å². The van der Waals surface area contributed by atoms with Gasteiger partial charge >= 0.3 is 5.97 Å². The number of phenolic OH excluding ortho intramolecular Hbond substituents is 1. The van der Waals surface area contributed by atoms with Gasteiger partial charge in [0.25, 0.3) is 0 Å². The van der Waals surface area contributed by atoms with E-state index in [1.165, 1.54) is 12.1 Å². The number of halogens is 2. The number of aryl methyl sites for hydroxylation is 1. The summed E-state index contributed by atoms with van der Waals surface area (Å²) < 4.78 is 0. The highest BCUT2D eigenvalue weighted by Crippen LogP contribution is 2.38. The SMILES string of the molecule is O=C(c1cc2c(cc1O)C(C(=O)O)CC2)c1c(Cl)cccc1Cl. The number of carbonyl (C=O) groups excluding carboxylic acids is 1. The molecule has 23 heavy (non-hydrogen) atoms. The summed E-state index contributed by atoms with van der Waals surface area (Å²) in [6.07, 6.45) is 0.998. The van der Waals surface area contributed by atoms with Gasteiger partial charge in [0.2, 0.25) is 0 Å². The molecule has 0 aromatic heterocycles. The molecule has 1 atom stereocenters. The fourth-order valence-electron chi connectivity index (χ4n) is 2.93. The topological polar surface area (TPSA) is 74.6 Å². The number of phenols is 1. The summed E-state index contributed by atoms with van der Waals surface area (Å²) in [5.41, 5.74) is 1.50. The van der Waals surface area contributed by atoms with Crippen molar-refractivity contribution in [2.45, 2.75) is 18.8 Å². The minimum Gasteiger partial charge on any atom is -0.507 e. The summed E-state index contributed by atoms with van der Waals surface area (Å²) in [4.78, 5) is 23.9. The third-order valence-corrected chi connectivity index (χ3v) is 4.70. The van der Waals surface area contributed by atoms with Crippen LogP contribution in [0.25, 0.3) is 0 Å². The minimum absolute atomic E-state index is 0.0739. The van der Waals surface area contributed by atoms with Crippen molar-refractivity contribution in [1.82, 2.24) is 0 Å². The molecule has 0 saturated carbocycles. The summed E-state index contributed by atoms with van der Waals surface area (Å²) in [7, 11) is 0. The van der Waals surface area contributed by atoms with Crippen LogP contribution in [-0.4, -0.2) is 22.0 Å². The molecule has 1 unspecified atom stereocenters. The second-order valence-electron chi connectivity index (χ2n) is 5.42. The van der Waals surface area contributed by atoms with Crippen molar-refractivity contribution in [3.05, 3.63) is 62.6 Å². The molecule has 1 aliphatic carbocycles. The number of benzene rings is 2. The first-order valence-corrected chi connectivity index (χ1v) is 7.73. The summed E-state index contributed by atoms with van der Waals surface area (Å²) in [6.45, 7) is 0. The zero-order valence-corrected chi connectivity index (χ0v) is 13.4. The van der Waals surface area contributed by atoms with Gasteiger partial charge in [-0.2, -0.15) is 0 Å². The summed E-state index contributed by atoms with van der Waals surface area (Å²) in [6, 6.07) is 7.62. The molecular formula is C17H12Cl2O4. The number of carbonyl (C=O) groups is 2. The van der Waals surface area contributed by atoms with Crippen LogP contribution in [0.2, 0.25) is 10.0 Å². The standard InChI is InChI=1S/C17H12Cl2O4/c18-12-2-1-3-13(19)15(12)16(21)11-6-8-4-5-9(17(22)23)10(8)7-14(11)20/h1-3,6-7,9,20H,4-5H2,(H,22,23). The van der Waals surface area contributed by atoms with Crippen LogP contribution in [0.15, 0.2) is 30.3 Å². The van der Waals surface area contributed by atoms with Gasteiger partial charge in [-0.1, -0.05) is 29.3 Å². The molecule has 3 rings (SSSR count). The van der Waals surface area contributed by atoms with Crippen LogP contribution in [0.1, 0.15) is 39.4 Å². The Kier molecular flexibility index (Phi) is 4.04. The summed E-state index contributed by atoms with van der Waals surface area (Å²) in [5, 5.41) is 19.8. The first-order chi connectivity index (χ1) is 10.9. The molecule has 0 spiro atoms. The molecular weight excluding hydrogens is 339 g/mol. The third kappa shape index (κ3) is 2.69. The lowest BCUT2D eigenvalue weighted by molar-refractivity contribution is -0.138. The second-order valence-corrected chi connectivity index (χ2v) is 6.24. The lowest BCUT2D eigenvalue weighted by atomic mass is 9.95. The number of aliphatic carboxylic acids is 1. The van der Waals surface area contributed by atoms with Crippen molar-refractivity contribution in [2.24, 2.45) is 0 Å². The van der Waals surface area contributed by atoms with Crippen molar-refractivity contribution in [2.75, 3.05) is 0 Å². The Labute approximate surface area is 142 Å². The van der Waals surface area contributed by atoms with Crippen LogP contribution < -0.4 is 0 Å². The molecule has 0 saturated heterocycles. The highest BCUT2D eigenvalue weighted by atomic mass is 35.5. The Morgan fingerprint density at radius 2 is 1.78 bits per heavy atom. The molecule has 118 valence electrons. The van der Waals surface area contributed by atoms with E-state index in [2.05, 4.69) is 0 Å². The van der Waals surface area contributed by atoms with E-state index in [1.807, 2.05) is 0 Å². The van der Waals surface area contributed by atoms with Gasteiger partial charge in [-0.05, 0) is 48.2 Å². The van der Waals surface area contributed by atoms with E-state index < -0.39 is 17.7 Å². The normalized spacial score (nSPS) is 16.2. The smallest absolute Gasteiger partial charge is 0.310 e. The average Bonchev–Trinajstić information content (AvgIpc) is 2.88. The Morgan fingerprint density at radius 1 is 1.13 bits per heavy atom. The van der Waals surface area contributed by atoms with Gasteiger partial charge in [-0.15, -0.1) is 0 Å². The highest BCUT2D eigenvalue weighted by molar-refractivity contribution is 6.41. The molecule has 0 heterocycles. The zero-order valence-electron chi connectivity index (χ0n) is 11.8. The maximum absolute atomic E-state index is 12.7. The fraction of sp³-hybridized carbons (Fsp3) is 0.176. The van der Waals surface area contributed by atoms with E-state index in [0.717, 1.165) is 5.56 Å². The Morgan fingerprint density at radius 3 is 2.39 bits per heavy atom. The first kappa shape index (κ1) is 15.8. The molecule has 1 aliphatic rings. The van der Waals surface area contributed by atoms with Gasteiger partial charge in [0, 0.05) is 0 Å². The van der Waals surface area contributed by atoms with E-state index in [4.69, 9.17) is 23.2 Å². The van der Waals surface area contributed by atoms with Crippen molar-refractivity contribution in [3.8, 4) is 5.75 Å². The van der Waals surface area contributed by atoms with Crippen LogP contribution in [0.5, 0.6) is 5.75 Å². The number of rotatable bonds is 3. The predicted octanol–water partition coefficient (Wildman–Crippen LogP) is 4.04. The molecule has 0 bridgehead atoms. The molecule has 2 N–H and O–H groups in total. The largest absolute Gasteiger partial charge is 0.507 e. The Balaban J connectivity index is 2.09. The van der Waals surface area contributed by atoms with E-state index in [-0.39, 0.29) is 26.9 Å². The maximum atomic E-state index is 12.7. The van der Waals surface area contributed by atoms with Crippen LogP contribution in [-0.2, 0) is 11.2 Å². The number of ketones is 1. The molecule has 0 radical (unpaired) electrons. The number of fused-ring (bicyclic) bond motifs is 1. The third-order valence-electron chi connectivity index (χ3n) is 4.07. The number of carboxylic acid groups (broad SMARTS) is 1. The number of hydrogen-bond donors (Lipinski definition) is 2. The molecule has 0 aliphatic heterocycles. The van der Waals surface area contributed by atoms with Crippen molar-refractivity contribution in [1.29, 1.82) is 0 Å². The van der Waals surface area contributed by atoms with Crippen molar-refractivity contribution in [3.63, 3.8) is 0 Å². The average molecular weight is 351 g/mol. The molecule has 6 heteroatoms. The quantitative estimate of drug-likeness (QED) is 0.819. The van der Waals surface area contributed by atoms with Crippen LogP contribution in [0.3, 0.4) is 0 Å². The van der Waals surface area contributed by atoms with Gasteiger partial charge in [-0.3, -0.25) is 9.59 Å². The van der Waals surface area contributed by atoms with Crippen LogP contribution >= 0.6 is 23.2 Å². The lowest BCUT2D eigenvalue weighted by Crippen LogP contribution is -2.09. The lowest BCUT2D eigenvalue weighted by Gasteiger charge is -2.11. The highest BCUT2D eigenvalue weighted by Gasteiger charge is 2.31. The van der Waals surface area contributed by atoms with Crippen molar-refractivity contribution < 1.29 is 19.8 Å². The second kappa shape index (κ2) is 5.87. The number of aromatic hydroxyl groups is 1. The Bertz CT molecular complexity index is 809. The van der Waals surface area contributed by atoms with Gasteiger partial charge in [-0.25, -0.2) is 0 Å². The molecule has 2 aromatic carbocycles. The first-order valence-electron chi connectivity index (χ1n) is 6.97. The van der Waals surface area contributed by atoms with Crippen LogP contribution in [0.4, 0.5) is 0 Å². The monoisotopic (exact) mass is 350 g/mol. The van der Waals surface area contributed by atoms with E-state index in [0.29, 0.717) is 18.4 Å². The molecule has 4 nitrogen and oxygen atoms in total. The number of carboxylic acids is 1. The predicted molar refractivity (Wildman–Crippen MR) is 86.7 cm³/mol. The van der Waals surface area contributed by atoms with E-state index in [9.17, 15) is 19.8 Å². The maximum Gasteiger partial charge on any atom is 0.310 e. The zero-order chi connectivity index (χ0) is 16.7. The van der Waals surface area contributed by atoms with E-state index in [1.54, 1.807) is 18.2 Å². The molecule has 0 fully saturated rings. The van der Waals surface area contributed by atoms with Gasteiger partial charge in [0.15, 0.2) is 5.78 Å². The fourth-order valence-corrected chi connectivity index (χ4v) is 3.50. The molecule has 2 aromatic rings. The van der Waals surface area contributed by atoms with Crippen molar-refractivity contribution >= 4 is 35.0 Å². The van der Waals surface area contributed by atoms with Gasteiger partial charge in [0.1, 0.15) is 5.75 Å². The van der Waals surface area contributed by atoms with Crippen LogP contribution in [0, 0.1) is 0 Å².